The summed E-state index contributed by atoms with van der Waals surface area (Å²) in [6.07, 6.45) is 6.76. The highest BCUT2D eigenvalue weighted by Gasteiger charge is 2.25. The minimum Gasteiger partial charge on any atom is -0.497 e. The second kappa shape index (κ2) is 6.68. The van der Waals surface area contributed by atoms with E-state index in [1.54, 1.807) is 7.11 Å². The van der Waals surface area contributed by atoms with E-state index in [0.717, 1.165) is 23.1 Å². The number of nitrogens with zero attached hydrogens (tertiary/aromatic N) is 3. The first kappa shape index (κ1) is 17.5. The monoisotopic (exact) mass is 364 g/mol. The van der Waals surface area contributed by atoms with Crippen LogP contribution in [0.15, 0.2) is 46.1 Å². The van der Waals surface area contributed by atoms with Crippen molar-refractivity contribution in [2.24, 2.45) is 22.9 Å². The second-order valence-electron chi connectivity index (χ2n) is 7.55. The molecule has 2 heterocycles. The largest absolute Gasteiger partial charge is 0.497 e. The summed E-state index contributed by atoms with van der Waals surface area (Å²) in [5.74, 6) is 1.95. The molecule has 3 atom stereocenters. The summed E-state index contributed by atoms with van der Waals surface area (Å²) in [5, 5.41) is 5.32. The van der Waals surface area contributed by atoms with Crippen LogP contribution in [-0.2, 0) is 0 Å². The number of rotatable bonds is 3. The zero-order valence-electron chi connectivity index (χ0n) is 16.1. The molecule has 0 unspecified atom stereocenters. The Balaban J connectivity index is 1.74. The first-order valence-corrected chi connectivity index (χ1v) is 9.26. The molecule has 2 aromatic heterocycles. The molecule has 0 amide bonds. The molecule has 0 aliphatic heterocycles. The van der Waals surface area contributed by atoms with Crippen molar-refractivity contribution in [3.8, 4) is 5.75 Å². The molecule has 1 N–H and O–H groups in total. The first-order valence-electron chi connectivity index (χ1n) is 9.26. The Bertz CT molecular complexity index is 1120. The van der Waals surface area contributed by atoms with Crippen molar-refractivity contribution >= 4 is 28.2 Å². The third-order valence-corrected chi connectivity index (χ3v) is 5.52. The highest BCUT2D eigenvalue weighted by molar-refractivity contribution is 6.04. The summed E-state index contributed by atoms with van der Waals surface area (Å²) in [4.78, 5) is 20.5. The number of fused-ring (bicyclic) bond motifs is 3. The maximum absolute atomic E-state index is 12.9. The van der Waals surface area contributed by atoms with Gasteiger partial charge in [0.05, 0.1) is 7.11 Å². The van der Waals surface area contributed by atoms with E-state index in [1.165, 1.54) is 16.6 Å². The maximum atomic E-state index is 12.9. The van der Waals surface area contributed by atoms with Gasteiger partial charge in [0.1, 0.15) is 23.1 Å². The fourth-order valence-electron chi connectivity index (χ4n) is 4.16. The highest BCUT2D eigenvalue weighted by atomic mass is 16.5. The summed E-state index contributed by atoms with van der Waals surface area (Å²) >= 11 is 0. The Morgan fingerprint density at radius 1 is 1.37 bits per heavy atom. The van der Waals surface area contributed by atoms with Gasteiger partial charge in [0.2, 0.25) is 0 Å². The average molecular weight is 364 g/mol. The molecule has 0 fully saturated rings. The Morgan fingerprint density at radius 3 is 2.93 bits per heavy atom. The zero-order chi connectivity index (χ0) is 19.1. The number of allylic oxidation sites excluding steroid dienone is 2. The number of aromatic amines is 1. The molecule has 6 nitrogen and oxygen atoms in total. The number of H-pyrrole nitrogens is 1. The summed E-state index contributed by atoms with van der Waals surface area (Å²) in [5.41, 5.74) is 3.17. The Morgan fingerprint density at radius 2 is 2.19 bits per heavy atom. The van der Waals surface area contributed by atoms with Crippen molar-refractivity contribution < 1.29 is 4.74 Å². The van der Waals surface area contributed by atoms with Crippen LogP contribution >= 0.6 is 0 Å². The molecule has 1 aromatic carbocycles. The van der Waals surface area contributed by atoms with Crippen molar-refractivity contribution in [1.29, 1.82) is 0 Å². The van der Waals surface area contributed by atoms with Crippen molar-refractivity contribution in [1.82, 2.24) is 14.6 Å². The van der Waals surface area contributed by atoms with Gasteiger partial charge in [-0.25, -0.2) is 4.98 Å². The van der Waals surface area contributed by atoms with E-state index >= 15 is 0 Å². The number of benzene rings is 1. The van der Waals surface area contributed by atoms with Crippen molar-refractivity contribution in [2.75, 3.05) is 7.11 Å². The lowest BCUT2D eigenvalue weighted by molar-refractivity contribution is 0.361. The minimum absolute atomic E-state index is 0.200. The molecular weight excluding hydrogens is 340 g/mol. The van der Waals surface area contributed by atoms with E-state index in [2.05, 4.69) is 41.9 Å². The van der Waals surface area contributed by atoms with Crippen LogP contribution in [0, 0.1) is 17.8 Å². The highest BCUT2D eigenvalue weighted by Crippen LogP contribution is 2.32. The third kappa shape index (κ3) is 3.05. The molecule has 140 valence electrons. The van der Waals surface area contributed by atoms with E-state index in [-0.39, 0.29) is 5.56 Å². The van der Waals surface area contributed by atoms with Crippen LogP contribution in [-0.4, -0.2) is 28.0 Å². The summed E-state index contributed by atoms with van der Waals surface area (Å²) in [6.45, 7) is 6.61. The topological polar surface area (TPSA) is 72.3 Å². The average Bonchev–Trinajstić information content (AvgIpc) is 3.01. The van der Waals surface area contributed by atoms with E-state index in [9.17, 15) is 4.79 Å². The summed E-state index contributed by atoms with van der Waals surface area (Å²) < 4.78 is 6.59. The van der Waals surface area contributed by atoms with Gasteiger partial charge in [0.15, 0.2) is 0 Å². The molecule has 27 heavy (non-hydrogen) atoms. The van der Waals surface area contributed by atoms with Crippen molar-refractivity contribution in [2.45, 2.75) is 27.2 Å². The lowest BCUT2D eigenvalue weighted by Gasteiger charge is -2.29. The molecule has 0 radical (unpaired) electrons. The van der Waals surface area contributed by atoms with Crippen LogP contribution in [0.5, 0.6) is 5.75 Å². The minimum atomic E-state index is -0.200. The van der Waals surface area contributed by atoms with Crippen molar-refractivity contribution in [3.05, 3.63) is 46.5 Å². The first-order chi connectivity index (χ1) is 13.0. The number of methoxy groups -OCH3 is 1. The van der Waals surface area contributed by atoms with E-state index < -0.39 is 0 Å². The Hall–Kier alpha value is -2.89. The van der Waals surface area contributed by atoms with E-state index in [4.69, 9.17) is 4.74 Å². The molecule has 4 rings (SSSR count). The number of ether oxygens (including phenoxy) is 1. The molecule has 1 aliphatic rings. The van der Waals surface area contributed by atoms with Crippen molar-refractivity contribution in [3.63, 3.8) is 0 Å². The van der Waals surface area contributed by atoms with E-state index in [0.29, 0.717) is 28.8 Å². The van der Waals surface area contributed by atoms with Crippen LogP contribution in [0.2, 0.25) is 0 Å². The molecule has 0 saturated heterocycles. The molecule has 0 saturated carbocycles. The summed E-state index contributed by atoms with van der Waals surface area (Å²) in [6, 6.07) is 5.63. The SMILES string of the molecule is COc1ccc2[nH]c3c(=O)n(/N=C\[C@H]4[C@H](C)C=C(C)C[C@H]4C)cnc3c2c1. The molecule has 0 spiro atoms. The smallest absolute Gasteiger partial charge is 0.298 e. The number of aromatic nitrogens is 3. The third-order valence-electron chi connectivity index (χ3n) is 5.52. The van der Waals surface area contributed by atoms with Gasteiger partial charge in [-0.1, -0.05) is 25.5 Å². The predicted molar refractivity (Wildman–Crippen MR) is 108 cm³/mol. The molecule has 6 heteroatoms. The lowest BCUT2D eigenvalue weighted by Crippen LogP contribution is -2.26. The lowest BCUT2D eigenvalue weighted by atomic mass is 9.76. The molecule has 3 aromatic rings. The predicted octanol–water partition coefficient (Wildman–Crippen LogP) is 3.96. The van der Waals surface area contributed by atoms with Crippen LogP contribution in [0.1, 0.15) is 27.2 Å². The molecular formula is C21H24N4O2. The van der Waals surface area contributed by atoms with Gasteiger partial charge in [0, 0.05) is 23.0 Å². The van der Waals surface area contributed by atoms with E-state index in [1.807, 2.05) is 24.4 Å². The maximum Gasteiger partial charge on any atom is 0.298 e. The van der Waals surface area contributed by atoms with Gasteiger partial charge in [-0.15, -0.1) is 0 Å². The fraction of sp³-hybridized carbons (Fsp3) is 0.381. The fourth-order valence-corrected chi connectivity index (χ4v) is 4.16. The molecule has 0 bridgehead atoms. The van der Waals surface area contributed by atoms with Crippen LogP contribution in [0.4, 0.5) is 0 Å². The standard InChI is InChI=1S/C21H24N4O2/c1-12-7-13(2)17(14(3)8-12)10-23-25-11-22-19-16-9-15(27-4)5-6-18(16)24-20(19)21(25)26/h5-7,9-11,13-14,17,24H,8H2,1-4H3/b23-10-/t13-,14-,17+/m1/s1. The van der Waals surface area contributed by atoms with Crippen LogP contribution in [0.25, 0.3) is 21.9 Å². The van der Waals surface area contributed by atoms with Gasteiger partial charge in [-0.05, 0) is 43.4 Å². The van der Waals surface area contributed by atoms with Gasteiger partial charge in [-0.2, -0.15) is 9.78 Å². The zero-order valence-corrected chi connectivity index (χ0v) is 16.1. The van der Waals surface area contributed by atoms with Crippen LogP contribution < -0.4 is 10.3 Å². The summed E-state index contributed by atoms with van der Waals surface area (Å²) in [7, 11) is 1.62. The van der Waals surface area contributed by atoms with Gasteiger partial charge in [0.25, 0.3) is 5.56 Å². The number of hydrogen-bond donors (Lipinski definition) is 1. The van der Waals surface area contributed by atoms with Gasteiger partial charge >= 0.3 is 0 Å². The normalized spacial score (nSPS) is 23.3. The molecule has 1 aliphatic carbocycles. The van der Waals surface area contributed by atoms with Gasteiger partial charge < -0.3 is 9.72 Å². The Labute approximate surface area is 157 Å². The van der Waals surface area contributed by atoms with Gasteiger partial charge in [-0.3, -0.25) is 4.79 Å². The van der Waals surface area contributed by atoms with Crippen LogP contribution in [0.3, 0.4) is 0 Å². The Kier molecular flexibility index (Phi) is 4.34. The quantitative estimate of drug-likeness (QED) is 0.565. The number of hydrogen-bond acceptors (Lipinski definition) is 4. The second-order valence-corrected chi connectivity index (χ2v) is 7.55. The number of nitrogens with one attached hydrogen (secondary N) is 1.